The van der Waals surface area contributed by atoms with Gasteiger partial charge in [-0.05, 0) is 41.4 Å². The first-order valence-corrected chi connectivity index (χ1v) is 8.63. The van der Waals surface area contributed by atoms with E-state index in [1.807, 2.05) is 0 Å². The van der Waals surface area contributed by atoms with Gasteiger partial charge in [-0.3, -0.25) is 4.79 Å². The standard InChI is InChI=1S/C21H16F3N3O3/c22-21(23,24)30-16-5-2-14(3-6-16)15-4-7-18-17(12-15)20(28)27(10-11-29-18)13-19-25-8-1-9-26-19/h1-9,12H,10-11,13H2/i2D,5D,6D,13D2. The lowest BCUT2D eigenvalue weighted by atomic mass is 10.0. The zero-order chi connectivity index (χ0) is 25.5. The molecule has 0 aliphatic carbocycles. The molecule has 4 rings (SSSR count). The number of hydrogen-bond donors (Lipinski definition) is 0. The van der Waals surface area contributed by atoms with E-state index in [0.717, 1.165) is 11.0 Å². The highest BCUT2D eigenvalue weighted by Gasteiger charge is 2.31. The lowest BCUT2D eigenvalue weighted by molar-refractivity contribution is -0.274. The molecule has 1 aliphatic rings. The lowest BCUT2D eigenvalue weighted by Crippen LogP contribution is -2.32. The minimum absolute atomic E-state index is 0.0364. The van der Waals surface area contributed by atoms with Crippen molar-refractivity contribution in [3.8, 4) is 22.6 Å². The van der Waals surface area contributed by atoms with E-state index in [0.29, 0.717) is 0 Å². The largest absolute Gasteiger partial charge is 0.573 e. The van der Waals surface area contributed by atoms with Crippen molar-refractivity contribution in [1.82, 2.24) is 14.9 Å². The molecule has 2 heterocycles. The van der Waals surface area contributed by atoms with E-state index in [9.17, 15) is 18.0 Å². The monoisotopic (exact) mass is 420 g/mol. The highest BCUT2D eigenvalue weighted by atomic mass is 19.4. The number of amides is 1. The van der Waals surface area contributed by atoms with Crippen LogP contribution in [0.4, 0.5) is 13.2 Å². The molecule has 0 saturated heterocycles. The van der Waals surface area contributed by atoms with Crippen molar-refractivity contribution in [2.75, 3.05) is 13.2 Å². The SMILES string of the molecule is [2H]c1cc(-c2ccc3c(c2)C(=O)N(C([2H])([2H])c2ncccn2)CCO3)c([2H])c([2H])c1OC(F)(F)F. The Bertz CT molecular complexity index is 1290. The molecule has 0 radical (unpaired) electrons. The van der Waals surface area contributed by atoms with E-state index < -0.39 is 42.6 Å². The number of fused-ring (bicyclic) bond motifs is 1. The van der Waals surface area contributed by atoms with Crippen molar-refractivity contribution in [3.05, 3.63) is 72.2 Å². The van der Waals surface area contributed by atoms with Crippen LogP contribution in [0.3, 0.4) is 0 Å². The summed E-state index contributed by atoms with van der Waals surface area (Å²) in [6.07, 6.45) is -2.47. The molecule has 2 aromatic carbocycles. The summed E-state index contributed by atoms with van der Waals surface area (Å²) in [7, 11) is 0. The van der Waals surface area contributed by atoms with E-state index in [1.165, 1.54) is 36.7 Å². The summed E-state index contributed by atoms with van der Waals surface area (Å²) in [4.78, 5) is 22.0. The molecule has 0 fully saturated rings. The quantitative estimate of drug-likeness (QED) is 0.637. The second-order valence-electron chi connectivity index (χ2n) is 6.03. The zero-order valence-corrected chi connectivity index (χ0v) is 15.2. The van der Waals surface area contributed by atoms with Gasteiger partial charge >= 0.3 is 6.36 Å². The van der Waals surface area contributed by atoms with Gasteiger partial charge in [0.2, 0.25) is 0 Å². The number of rotatable bonds is 4. The van der Waals surface area contributed by atoms with Crippen LogP contribution in [-0.2, 0) is 6.50 Å². The van der Waals surface area contributed by atoms with Crippen LogP contribution in [0.25, 0.3) is 11.1 Å². The highest BCUT2D eigenvalue weighted by Crippen LogP contribution is 2.31. The number of carbonyl (C=O) groups is 1. The summed E-state index contributed by atoms with van der Waals surface area (Å²) in [5.74, 6) is -1.98. The van der Waals surface area contributed by atoms with E-state index in [2.05, 4.69) is 14.7 Å². The van der Waals surface area contributed by atoms with Crippen molar-refractivity contribution in [2.45, 2.75) is 12.9 Å². The Morgan fingerprint density at radius 3 is 2.73 bits per heavy atom. The van der Waals surface area contributed by atoms with Crippen molar-refractivity contribution in [3.63, 3.8) is 0 Å². The number of nitrogens with zero attached hydrogens (tertiary/aromatic N) is 3. The van der Waals surface area contributed by atoms with Gasteiger partial charge in [0.25, 0.3) is 5.91 Å². The number of benzene rings is 2. The third-order valence-electron chi connectivity index (χ3n) is 4.02. The molecule has 0 unspecified atom stereocenters. The fourth-order valence-electron chi connectivity index (χ4n) is 2.73. The molecule has 6 nitrogen and oxygen atoms in total. The number of alkyl halides is 3. The van der Waals surface area contributed by atoms with E-state index in [-0.39, 0.29) is 41.4 Å². The number of carbonyl (C=O) groups excluding carboxylic acids is 1. The van der Waals surface area contributed by atoms with Crippen LogP contribution in [0.15, 0.2) is 60.9 Å². The molecule has 0 spiro atoms. The third kappa shape index (κ3) is 4.51. The van der Waals surface area contributed by atoms with Crippen LogP contribution in [0.1, 0.15) is 23.0 Å². The van der Waals surface area contributed by atoms with Gasteiger partial charge < -0.3 is 14.4 Å². The van der Waals surface area contributed by atoms with E-state index >= 15 is 0 Å². The Hall–Kier alpha value is -3.62. The Kier molecular flexibility index (Phi) is 3.84. The molecule has 3 aromatic rings. The van der Waals surface area contributed by atoms with Crippen LogP contribution in [-0.4, -0.2) is 40.3 Å². The highest BCUT2D eigenvalue weighted by molar-refractivity contribution is 5.98. The van der Waals surface area contributed by atoms with Gasteiger partial charge in [-0.1, -0.05) is 18.2 Å². The molecule has 154 valence electrons. The Labute approximate surface area is 176 Å². The number of halogens is 3. The van der Waals surface area contributed by atoms with E-state index in [1.54, 1.807) is 0 Å². The van der Waals surface area contributed by atoms with Crippen molar-refractivity contribution in [1.29, 1.82) is 0 Å². The first-order chi connectivity index (χ1) is 16.4. The first-order valence-electron chi connectivity index (χ1n) is 11.1. The molecule has 1 aliphatic heterocycles. The second-order valence-corrected chi connectivity index (χ2v) is 6.03. The van der Waals surface area contributed by atoms with Gasteiger partial charge in [0.1, 0.15) is 23.9 Å². The molecule has 1 aromatic heterocycles. The fourth-order valence-corrected chi connectivity index (χ4v) is 2.73. The van der Waals surface area contributed by atoms with Gasteiger partial charge in [0, 0.05) is 12.4 Å². The molecule has 9 heteroatoms. The van der Waals surface area contributed by atoms with Crippen LogP contribution in [0.5, 0.6) is 11.5 Å². The minimum atomic E-state index is -5.14. The molecule has 0 saturated carbocycles. The number of ether oxygens (including phenoxy) is 2. The van der Waals surface area contributed by atoms with Crippen molar-refractivity contribution >= 4 is 5.91 Å². The Balaban J connectivity index is 1.77. The first kappa shape index (κ1) is 14.4. The zero-order valence-electron chi connectivity index (χ0n) is 20.2. The molecule has 1 amide bonds. The molecular formula is C21H16F3N3O3. The van der Waals surface area contributed by atoms with Crippen LogP contribution >= 0.6 is 0 Å². The predicted octanol–water partition coefficient (Wildman–Crippen LogP) is 4.08. The average molecular weight is 420 g/mol. The van der Waals surface area contributed by atoms with Gasteiger partial charge in [-0.15, -0.1) is 13.2 Å². The molecular weight excluding hydrogens is 399 g/mol. The van der Waals surface area contributed by atoms with Gasteiger partial charge in [0.15, 0.2) is 0 Å². The maximum absolute atomic E-state index is 13.4. The topological polar surface area (TPSA) is 64.6 Å². The normalized spacial score (nSPS) is 16.8. The third-order valence-corrected chi connectivity index (χ3v) is 4.02. The number of aromatic nitrogens is 2. The summed E-state index contributed by atoms with van der Waals surface area (Å²) >= 11 is 0. The molecule has 0 atom stereocenters. The number of hydrogen-bond acceptors (Lipinski definition) is 5. The van der Waals surface area contributed by atoms with Crippen LogP contribution in [0.2, 0.25) is 0 Å². The smallest absolute Gasteiger partial charge is 0.491 e. The average Bonchev–Trinajstić information content (AvgIpc) is 2.98. The molecule has 0 bridgehead atoms. The summed E-state index contributed by atoms with van der Waals surface area (Å²) in [5, 5.41) is 0. The lowest BCUT2D eigenvalue weighted by Gasteiger charge is -2.19. The Morgan fingerprint density at radius 2 is 1.97 bits per heavy atom. The minimum Gasteiger partial charge on any atom is -0.491 e. The summed E-state index contributed by atoms with van der Waals surface area (Å²) in [5.41, 5.74) is -0.0205. The maximum Gasteiger partial charge on any atom is 0.573 e. The Morgan fingerprint density at radius 1 is 1.17 bits per heavy atom. The summed E-state index contributed by atoms with van der Waals surface area (Å²) in [6.45, 7) is -2.56. The summed E-state index contributed by atoms with van der Waals surface area (Å²) < 4.78 is 88.0. The summed E-state index contributed by atoms with van der Waals surface area (Å²) in [6, 6.07) is 4.16. The van der Waals surface area contributed by atoms with Crippen molar-refractivity contribution < 1.29 is 34.3 Å². The predicted molar refractivity (Wildman–Crippen MR) is 101 cm³/mol. The fraction of sp³-hybridized carbons (Fsp3) is 0.190. The van der Waals surface area contributed by atoms with Gasteiger partial charge in [0.05, 0.1) is 25.5 Å². The molecule has 0 N–H and O–H groups in total. The van der Waals surface area contributed by atoms with Crippen LogP contribution < -0.4 is 9.47 Å². The maximum atomic E-state index is 13.4. The van der Waals surface area contributed by atoms with Gasteiger partial charge in [-0.25, -0.2) is 9.97 Å². The van der Waals surface area contributed by atoms with Crippen molar-refractivity contribution in [2.24, 2.45) is 0 Å². The second kappa shape index (κ2) is 8.02. The van der Waals surface area contributed by atoms with E-state index in [4.69, 9.17) is 11.6 Å². The van der Waals surface area contributed by atoms with Gasteiger partial charge in [-0.2, -0.15) is 0 Å². The van der Waals surface area contributed by atoms with Crippen LogP contribution in [0, 0.1) is 0 Å². The molecule has 30 heavy (non-hydrogen) atoms.